The van der Waals surface area contributed by atoms with Crippen molar-refractivity contribution in [3.63, 3.8) is 0 Å². The van der Waals surface area contributed by atoms with E-state index in [0.29, 0.717) is 12.1 Å². The first-order valence-corrected chi connectivity index (χ1v) is 7.39. The van der Waals surface area contributed by atoms with Gasteiger partial charge in [0.05, 0.1) is 11.4 Å². The van der Waals surface area contributed by atoms with Gasteiger partial charge in [0.15, 0.2) is 0 Å². The van der Waals surface area contributed by atoms with E-state index < -0.39 is 10.0 Å². The van der Waals surface area contributed by atoms with Crippen molar-refractivity contribution in [2.24, 2.45) is 0 Å². The Morgan fingerprint density at radius 3 is 2.58 bits per heavy atom. The highest BCUT2D eigenvalue weighted by molar-refractivity contribution is 7.92. The molecule has 0 aliphatic carbocycles. The van der Waals surface area contributed by atoms with Crippen LogP contribution in [0.4, 0.5) is 5.69 Å². The molecule has 2 N–H and O–H groups in total. The van der Waals surface area contributed by atoms with Crippen molar-refractivity contribution in [2.45, 2.75) is 6.42 Å². The first-order valence-electron chi connectivity index (χ1n) is 5.74. The number of aromatic nitrogens is 1. The molecule has 5 nitrogen and oxygen atoms in total. The summed E-state index contributed by atoms with van der Waals surface area (Å²) in [6.45, 7) is 0. The maximum Gasteiger partial charge on any atom is 0.233 e. The average molecular weight is 278 g/mol. The van der Waals surface area contributed by atoms with E-state index in [0.717, 1.165) is 5.56 Å². The van der Waals surface area contributed by atoms with Crippen LogP contribution in [0.2, 0.25) is 0 Å². The molecule has 19 heavy (non-hydrogen) atoms. The molecule has 1 aromatic carbocycles. The zero-order valence-corrected chi connectivity index (χ0v) is 11.0. The van der Waals surface area contributed by atoms with Crippen molar-refractivity contribution < 1.29 is 13.5 Å². The van der Waals surface area contributed by atoms with Crippen LogP contribution >= 0.6 is 0 Å². The van der Waals surface area contributed by atoms with Crippen LogP contribution in [0, 0.1) is 0 Å². The largest absolute Gasteiger partial charge is 0.508 e. The van der Waals surface area contributed by atoms with Crippen molar-refractivity contribution in [3.05, 3.63) is 54.4 Å². The Hall–Kier alpha value is -2.08. The van der Waals surface area contributed by atoms with Crippen LogP contribution in [0.1, 0.15) is 5.56 Å². The topological polar surface area (TPSA) is 79.3 Å². The molecular formula is C13H14N2O3S. The van der Waals surface area contributed by atoms with Gasteiger partial charge < -0.3 is 5.11 Å². The van der Waals surface area contributed by atoms with Gasteiger partial charge >= 0.3 is 0 Å². The van der Waals surface area contributed by atoms with Gasteiger partial charge in [-0.15, -0.1) is 0 Å². The fourth-order valence-corrected chi connectivity index (χ4v) is 2.69. The number of hydrogen-bond donors (Lipinski definition) is 2. The van der Waals surface area contributed by atoms with Crippen molar-refractivity contribution in [1.29, 1.82) is 0 Å². The van der Waals surface area contributed by atoms with E-state index >= 15 is 0 Å². The van der Waals surface area contributed by atoms with Crippen molar-refractivity contribution >= 4 is 15.7 Å². The van der Waals surface area contributed by atoms with Gasteiger partial charge in [0.1, 0.15) is 5.75 Å². The lowest BCUT2D eigenvalue weighted by Crippen LogP contribution is -2.18. The predicted molar refractivity (Wildman–Crippen MR) is 73.5 cm³/mol. The normalized spacial score (nSPS) is 11.2. The third kappa shape index (κ3) is 4.26. The molecule has 0 unspecified atom stereocenters. The minimum atomic E-state index is -3.43. The second-order valence-electron chi connectivity index (χ2n) is 4.08. The number of phenols is 1. The first-order chi connectivity index (χ1) is 9.05. The fraction of sp³-hybridized carbons (Fsp3) is 0.154. The number of nitrogens with one attached hydrogen (secondary N) is 1. The van der Waals surface area contributed by atoms with Crippen LogP contribution in [0.25, 0.3) is 0 Å². The summed E-state index contributed by atoms with van der Waals surface area (Å²) in [5.41, 5.74) is 1.27. The van der Waals surface area contributed by atoms with E-state index in [1.807, 2.05) is 0 Å². The maximum atomic E-state index is 11.9. The Morgan fingerprint density at radius 2 is 1.89 bits per heavy atom. The third-order valence-electron chi connectivity index (χ3n) is 2.53. The molecule has 0 amide bonds. The third-order valence-corrected chi connectivity index (χ3v) is 3.82. The summed E-state index contributed by atoms with van der Waals surface area (Å²) in [7, 11) is -3.43. The van der Waals surface area contributed by atoms with Gasteiger partial charge in [-0.2, -0.15) is 0 Å². The number of rotatable bonds is 5. The lowest BCUT2D eigenvalue weighted by molar-refractivity contribution is 0.475. The zero-order valence-electron chi connectivity index (χ0n) is 10.2. The summed E-state index contributed by atoms with van der Waals surface area (Å²) in [5, 5.41) is 9.28. The lowest BCUT2D eigenvalue weighted by Gasteiger charge is -2.08. The lowest BCUT2D eigenvalue weighted by atomic mass is 10.2. The van der Waals surface area contributed by atoms with E-state index in [-0.39, 0.29) is 11.5 Å². The van der Waals surface area contributed by atoms with Crippen LogP contribution in [-0.2, 0) is 16.4 Å². The van der Waals surface area contributed by atoms with Crippen molar-refractivity contribution in [1.82, 2.24) is 4.98 Å². The number of benzene rings is 1. The molecule has 0 spiro atoms. The summed E-state index contributed by atoms with van der Waals surface area (Å²) in [4.78, 5) is 3.87. The Morgan fingerprint density at radius 1 is 1.16 bits per heavy atom. The smallest absolute Gasteiger partial charge is 0.233 e. The van der Waals surface area contributed by atoms with E-state index in [2.05, 4.69) is 9.71 Å². The standard InChI is InChI=1S/C13H14N2O3S/c16-13-3-1-2-12(10-13)15-19(17,18)9-6-11-4-7-14-8-5-11/h1-5,7-8,10,15-16H,6,9H2. The van der Waals surface area contributed by atoms with Crippen LogP contribution in [0.5, 0.6) is 5.75 Å². The summed E-state index contributed by atoms with van der Waals surface area (Å²) < 4.78 is 26.2. The maximum absolute atomic E-state index is 11.9. The highest BCUT2D eigenvalue weighted by Crippen LogP contribution is 2.16. The quantitative estimate of drug-likeness (QED) is 0.873. The molecule has 100 valence electrons. The molecule has 0 fully saturated rings. The molecule has 2 aromatic rings. The number of aryl methyl sites for hydroxylation is 1. The monoisotopic (exact) mass is 278 g/mol. The van der Waals surface area contributed by atoms with Gasteiger partial charge in [-0.25, -0.2) is 8.42 Å². The summed E-state index contributed by atoms with van der Waals surface area (Å²) >= 11 is 0. The molecule has 0 radical (unpaired) electrons. The SMILES string of the molecule is O=S(=O)(CCc1ccncc1)Nc1cccc(O)c1. The van der Waals surface area contributed by atoms with Crippen LogP contribution in [0.3, 0.4) is 0 Å². The number of phenolic OH excluding ortho intramolecular Hbond substituents is 1. The number of sulfonamides is 1. The van der Waals surface area contributed by atoms with E-state index in [1.165, 1.54) is 12.1 Å². The van der Waals surface area contributed by atoms with Gasteiger partial charge in [-0.3, -0.25) is 9.71 Å². The molecule has 1 aromatic heterocycles. The Bertz CT molecular complexity index is 642. The second kappa shape index (κ2) is 5.71. The van der Waals surface area contributed by atoms with Crippen molar-refractivity contribution in [2.75, 3.05) is 10.5 Å². The minimum Gasteiger partial charge on any atom is -0.508 e. The van der Waals surface area contributed by atoms with E-state index in [1.54, 1.807) is 36.7 Å². The van der Waals surface area contributed by atoms with Gasteiger partial charge in [0.2, 0.25) is 10.0 Å². The molecule has 0 saturated heterocycles. The number of aromatic hydroxyl groups is 1. The Labute approximate surface area is 112 Å². The predicted octanol–water partition coefficient (Wildman–Crippen LogP) is 1.77. The first kappa shape index (κ1) is 13.4. The number of nitrogens with zero attached hydrogens (tertiary/aromatic N) is 1. The highest BCUT2D eigenvalue weighted by Gasteiger charge is 2.10. The summed E-state index contributed by atoms with van der Waals surface area (Å²) in [6, 6.07) is 9.58. The number of anilines is 1. The van der Waals surface area contributed by atoms with Crippen molar-refractivity contribution in [3.8, 4) is 5.75 Å². The number of pyridine rings is 1. The van der Waals surface area contributed by atoms with Gasteiger partial charge in [-0.1, -0.05) is 6.07 Å². The molecule has 0 aliphatic rings. The van der Waals surface area contributed by atoms with Crippen LogP contribution in [-0.4, -0.2) is 24.3 Å². The van der Waals surface area contributed by atoms with Crippen LogP contribution < -0.4 is 4.72 Å². The molecule has 0 atom stereocenters. The Kier molecular flexibility index (Phi) is 4.01. The highest BCUT2D eigenvalue weighted by atomic mass is 32.2. The fourth-order valence-electron chi connectivity index (χ4n) is 1.60. The van der Waals surface area contributed by atoms with Gasteiger partial charge in [0.25, 0.3) is 0 Å². The molecule has 1 heterocycles. The summed E-state index contributed by atoms with van der Waals surface area (Å²) in [5.74, 6) is 0.00137. The molecular weight excluding hydrogens is 264 g/mol. The molecule has 0 bridgehead atoms. The molecule has 0 aliphatic heterocycles. The number of hydrogen-bond acceptors (Lipinski definition) is 4. The van der Waals surface area contributed by atoms with E-state index in [9.17, 15) is 13.5 Å². The van der Waals surface area contributed by atoms with Crippen LogP contribution in [0.15, 0.2) is 48.8 Å². The second-order valence-corrected chi connectivity index (χ2v) is 5.92. The molecule has 0 saturated carbocycles. The zero-order chi connectivity index (χ0) is 13.7. The molecule has 6 heteroatoms. The van der Waals surface area contributed by atoms with Gasteiger partial charge in [0, 0.05) is 18.5 Å². The summed E-state index contributed by atoms with van der Waals surface area (Å²) in [6.07, 6.45) is 3.67. The minimum absolute atomic E-state index is 0.0212. The van der Waals surface area contributed by atoms with E-state index in [4.69, 9.17) is 0 Å². The average Bonchev–Trinajstić information content (AvgIpc) is 2.37. The molecule has 2 rings (SSSR count). The van der Waals surface area contributed by atoms with Gasteiger partial charge in [-0.05, 0) is 36.2 Å². The Balaban J connectivity index is 1.99.